The standard InChI is InChI=1S/C11H18Cl2N4O/c1-4-18-11(2,3)6-15-9-7(12)5-8(13)10(16-9)17-14/h5H,4,6,14H2,1-3H3,(H2,15,16,17). The predicted molar refractivity (Wildman–Crippen MR) is 76.3 cm³/mol. The van der Waals surface area contributed by atoms with Crippen molar-refractivity contribution in [2.75, 3.05) is 23.9 Å². The molecule has 0 aliphatic carbocycles. The lowest BCUT2D eigenvalue weighted by atomic mass is 10.1. The fourth-order valence-corrected chi connectivity index (χ4v) is 1.91. The molecule has 18 heavy (non-hydrogen) atoms. The third-order valence-corrected chi connectivity index (χ3v) is 2.86. The van der Waals surface area contributed by atoms with Gasteiger partial charge in [0.2, 0.25) is 0 Å². The van der Waals surface area contributed by atoms with Gasteiger partial charge in [0.1, 0.15) is 5.82 Å². The molecule has 0 saturated carbocycles. The van der Waals surface area contributed by atoms with Crippen LogP contribution < -0.4 is 16.6 Å². The van der Waals surface area contributed by atoms with Crippen LogP contribution >= 0.6 is 23.2 Å². The van der Waals surface area contributed by atoms with E-state index in [9.17, 15) is 0 Å². The highest BCUT2D eigenvalue weighted by atomic mass is 35.5. The quantitative estimate of drug-likeness (QED) is 0.555. The Morgan fingerprint density at radius 2 is 1.94 bits per heavy atom. The van der Waals surface area contributed by atoms with Gasteiger partial charge in [-0.1, -0.05) is 23.2 Å². The molecule has 0 aliphatic heterocycles. The largest absolute Gasteiger partial charge is 0.374 e. The van der Waals surface area contributed by atoms with E-state index in [0.29, 0.717) is 34.8 Å². The summed E-state index contributed by atoms with van der Waals surface area (Å²) in [4.78, 5) is 4.19. The molecular formula is C11H18Cl2N4O. The summed E-state index contributed by atoms with van der Waals surface area (Å²) in [7, 11) is 0. The third-order valence-electron chi connectivity index (χ3n) is 2.28. The number of rotatable bonds is 6. The number of nitrogen functional groups attached to an aromatic ring is 1. The van der Waals surface area contributed by atoms with Crippen molar-refractivity contribution in [3.63, 3.8) is 0 Å². The van der Waals surface area contributed by atoms with Crippen LogP contribution in [0.1, 0.15) is 20.8 Å². The van der Waals surface area contributed by atoms with E-state index in [-0.39, 0.29) is 5.60 Å². The Morgan fingerprint density at radius 1 is 1.33 bits per heavy atom. The van der Waals surface area contributed by atoms with Gasteiger partial charge in [-0.2, -0.15) is 0 Å². The van der Waals surface area contributed by atoms with Crippen LogP contribution in [0, 0.1) is 0 Å². The molecule has 0 spiro atoms. The fourth-order valence-electron chi connectivity index (χ4n) is 1.43. The molecule has 0 aliphatic rings. The van der Waals surface area contributed by atoms with Crippen molar-refractivity contribution in [1.29, 1.82) is 0 Å². The summed E-state index contributed by atoms with van der Waals surface area (Å²) in [5.74, 6) is 6.20. The number of nitrogens with two attached hydrogens (primary N) is 1. The molecule has 0 bridgehead atoms. The number of hydrogen-bond donors (Lipinski definition) is 3. The summed E-state index contributed by atoms with van der Waals surface area (Å²) < 4.78 is 5.57. The molecule has 1 aromatic rings. The molecule has 0 saturated heterocycles. The molecule has 1 rings (SSSR count). The molecule has 0 unspecified atom stereocenters. The summed E-state index contributed by atoms with van der Waals surface area (Å²) in [5, 5.41) is 3.93. The van der Waals surface area contributed by atoms with Gasteiger partial charge in [0.25, 0.3) is 0 Å². The van der Waals surface area contributed by atoms with Crippen molar-refractivity contribution in [2.24, 2.45) is 5.84 Å². The predicted octanol–water partition coefficient (Wildman–Crippen LogP) is 2.90. The zero-order valence-corrected chi connectivity index (χ0v) is 12.2. The van der Waals surface area contributed by atoms with Crippen molar-refractivity contribution in [1.82, 2.24) is 4.98 Å². The Labute approximate surface area is 117 Å². The number of aromatic nitrogens is 1. The molecule has 7 heteroatoms. The molecule has 1 aromatic heterocycles. The summed E-state index contributed by atoms with van der Waals surface area (Å²) >= 11 is 11.9. The second-order valence-electron chi connectivity index (χ2n) is 4.34. The minimum Gasteiger partial charge on any atom is -0.374 e. The lowest BCUT2D eigenvalue weighted by Gasteiger charge is -2.25. The van der Waals surface area contributed by atoms with E-state index in [2.05, 4.69) is 15.7 Å². The highest BCUT2D eigenvalue weighted by Gasteiger charge is 2.18. The van der Waals surface area contributed by atoms with Crippen LogP contribution in [0.5, 0.6) is 0 Å². The molecule has 0 amide bonds. The lowest BCUT2D eigenvalue weighted by molar-refractivity contribution is 0.000647. The molecule has 0 fully saturated rings. The van der Waals surface area contributed by atoms with Crippen LogP contribution in [-0.4, -0.2) is 23.7 Å². The topological polar surface area (TPSA) is 72.2 Å². The zero-order valence-electron chi connectivity index (χ0n) is 10.7. The number of pyridine rings is 1. The van der Waals surface area contributed by atoms with Crippen molar-refractivity contribution in [3.05, 3.63) is 16.1 Å². The number of nitrogens with zero attached hydrogens (tertiary/aromatic N) is 1. The van der Waals surface area contributed by atoms with Gasteiger partial charge < -0.3 is 15.5 Å². The first-order valence-corrected chi connectivity index (χ1v) is 6.35. The molecular weight excluding hydrogens is 275 g/mol. The first-order valence-electron chi connectivity index (χ1n) is 5.60. The Morgan fingerprint density at radius 3 is 2.50 bits per heavy atom. The molecule has 0 radical (unpaired) electrons. The maximum absolute atomic E-state index is 6.05. The van der Waals surface area contributed by atoms with Crippen molar-refractivity contribution < 1.29 is 4.74 Å². The van der Waals surface area contributed by atoms with Gasteiger partial charge in [-0.25, -0.2) is 10.8 Å². The van der Waals surface area contributed by atoms with Gasteiger partial charge in [0.15, 0.2) is 5.82 Å². The molecule has 1 heterocycles. The summed E-state index contributed by atoms with van der Waals surface area (Å²) in [6, 6.07) is 1.58. The Kier molecular flexibility index (Phi) is 5.47. The van der Waals surface area contributed by atoms with E-state index in [1.807, 2.05) is 20.8 Å². The van der Waals surface area contributed by atoms with Gasteiger partial charge in [-0.15, -0.1) is 0 Å². The fraction of sp³-hybridized carbons (Fsp3) is 0.545. The van der Waals surface area contributed by atoms with Crippen molar-refractivity contribution in [2.45, 2.75) is 26.4 Å². The summed E-state index contributed by atoms with van der Waals surface area (Å²) in [6.07, 6.45) is 0. The van der Waals surface area contributed by atoms with Crippen LogP contribution in [0.3, 0.4) is 0 Å². The Bertz CT molecular complexity index is 412. The average Bonchev–Trinajstić information content (AvgIpc) is 2.28. The smallest absolute Gasteiger partial charge is 0.161 e. The van der Waals surface area contributed by atoms with Crippen LogP contribution in [-0.2, 0) is 4.74 Å². The molecule has 4 N–H and O–H groups in total. The van der Waals surface area contributed by atoms with Gasteiger partial charge in [-0.3, -0.25) is 0 Å². The number of ether oxygens (including phenoxy) is 1. The lowest BCUT2D eigenvalue weighted by Crippen LogP contribution is -2.33. The van der Waals surface area contributed by atoms with Crippen LogP contribution in [0.4, 0.5) is 11.6 Å². The van der Waals surface area contributed by atoms with Crippen LogP contribution in [0.2, 0.25) is 10.0 Å². The van der Waals surface area contributed by atoms with Crippen LogP contribution in [0.15, 0.2) is 6.07 Å². The average molecular weight is 293 g/mol. The number of hydrogen-bond acceptors (Lipinski definition) is 5. The second-order valence-corrected chi connectivity index (χ2v) is 5.15. The SMILES string of the molecule is CCOC(C)(C)CNc1nc(NN)c(Cl)cc1Cl. The minimum absolute atomic E-state index is 0.310. The Hall–Kier alpha value is -0.750. The van der Waals surface area contributed by atoms with Crippen LogP contribution in [0.25, 0.3) is 0 Å². The molecule has 0 aromatic carbocycles. The van der Waals surface area contributed by atoms with E-state index < -0.39 is 0 Å². The molecule has 0 atom stereocenters. The first kappa shape index (κ1) is 15.3. The maximum atomic E-state index is 6.05. The van der Waals surface area contributed by atoms with Gasteiger partial charge >= 0.3 is 0 Å². The highest BCUT2D eigenvalue weighted by Crippen LogP contribution is 2.29. The number of nitrogens with one attached hydrogen (secondary N) is 2. The highest BCUT2D eigenvalue weighted by molar-refractivity contribution is 6.37. The van der Waals surface area contributed by atoms with Crippen molar-refractivity contribution >= 4 is 34.8 Å². The number of hydrazine groups is 1. The van der Waals surface area contributed by atoms with E-state index in [0.717, 1.165) is 0 Å². The van der Waals surface area contributed by atoms with E-state index >= 15 is 0 Å². The third kappa shape index (κ3) is 4.17. The van der Waals surface area contributed by atoms with E-state index in [1.165, 1.54) is 0 Å². The zero-order chi connectivity index (χ0) is 13.8. The normalized spacial score (nSPS) is 11.4. The van der Waals surface area contributed by atoms with E-state index in [4.69, 9.17) is 33.8 Å². The van der Waals surface area contributed by atoms with Gasteiger partial charge in [-0.05, 0) is 26.8 Å². The number of anilines is 2. The monoisotopic (exact) mass is 292 g/mol. The first-order chi connectivity index (χ1) is 8.39. The summed E-state index contributed by atoms with van der Waals surface area (Å²) in [5.41, 5.74) is 2.10. The van der Waals surface area contributed by atoms with Gasteiger partial charge in [0, 0.05) is 13.2 Å². The second kappa shape index (κ2) is 6.43. The van der Waals surface area contributed by atoms with Gasteiger partial charge in [0.05, 0.1) is 15.6 Å². The summed E-state index contributed by atoms with van der Waals surface area (Å²) in [6.45, 7) is 7.13. The molecule has 5 nitrogen and oxygen atoms in total. The minimum atomic E-state index is -0.310. The Balaban J connectivity index is 2.79. The number of halogens is 2. The van der Waals surface area contributed by atoms with E-state index in [1.54, 1.807) is 6.07 Å². The van der Waals surface area contributed by atoms with Crippen molar-refractivity contribution in [3.8, 4) is 0 Å². The maximum Gasteiger partial charge on any atom is 0.161 e. The molecule has 102 valence electrons.